The van der Waals surface area contributed by atoms with Gasteiger partial charge in [-0.3, -0.25) is 9.59 Å². The van der Waals surface area contributed by atoms with Crippen molar-refractivity contribution in [2.75, 3.05) is 6.54 Å². The zero-order valence-corrected chi connectivity index (χ0v) is 20.2. The second-order valence-corrected chi connectivity index (χ2v) is 8.92. The molecule has 3 aromatic rings. The number of nitrogens with two attached hydrogens (primary N) is 1. The van der Waals surface area contributed by atoms with E-state index in [9.17, 15) is 9.59 Å². The molecule has 0 fully saturated rings. The number of unbranched alkanes of at least 4 members (excludes halogenated alkanes) is 9. The normalized spacial score (nSPS) is 12.0. The third-order valence-corrected chi connectivity index (χ3v) is 6.67. The van der Waals surface area contributed by atoms with E-state index in [0.717, 1.165) is 42.5 Å². The Balaban J connectivity index is 0.00000306. The highest BCUT2D eigenvalue weighted by Crippen LogP contribution is 2.39. The second-order valence-electron chi connectivity index (χ2n) is 8.92. The molecule has 0 amide bonds. The number of carbonyl (C=O) groups is 1. The topological polar surface area (TPSA) is 65.1 Å². The van der Waals surface area contributed by atoms with Crippen LogP contribution < -0.4 is 11.3 Å². The van der Waals surface area contributed by atoms with Crippen molar-refractivity contribution in [3.63, 3.8) is 0 Å². The Bertz CT molecular complexity index is 1150. The van der Waals surface area contributed by atoms with Crippen LogP contribution in [-0.2, 0) is 6.54 Å². The van der Waals surface area contributed by atoms with E-state index in [0.29, 0.717) is 23.1 Å². The molecule has 1 aliphatic rings. The fourth-order valence-corrected chi connectivity index (χ4v) is 4.97. The van der Waals surface area contributed by atoms with E-state index < -0.39 is 0 Å². The smallest absolute Gasteiger partial charge is 0.258 e. The quantitative estimate of drug-likeness (QED) is 0.242. The van der Waals surface area contributed by atoms with Crippen LogP contribution in [-0.4, -0.2) is 16.9 Å². The molecule has 1 aliphatic carbocycles. The summed E-state index contributed by atoms with van der Waals surface area (Å²) >= 11 is 0. The molecule has 33 heavy (non-hydrogen) atoms. The molecule has 0 saturated carbocycles. The van der Waals surface area contributed by atoms with Gasteiger partial charge in [0.2, 0.25) is 0 Å². The van der Waals surface area contributed by atoms with Crippen LogP contribution in [0.5, 0.6) is 0 Å². The molecule has 1 aromatic heterocycles. The Morgan fingerprint density at radius 3 is 1.79 bits per heavy atom. The average Bonchev–Trinajstić information content (AvgIpc) is 3.12. The highest BCUT2D eigenvalue weighted by atomic mass is 35.5. The minimum absolute atomic E-state index is 0. The molecular formula is C28H35ClN2O2. The van der Waals surface area contributed by atoms with Crippen molar-refractivity contribution < 1.29 is 4.79 Å². The summed E-state index contributed by atoms with van der Waals surface area (Å²) in [5, 5.41) is 1.42. The molecule has 4 rings (SSSR count). The minimum atomic E-state index is 0. The number of aromatic nitrogens is 1. The second kappa shape index (κ2) is 12.2. The standard InChI is InChI=1S/C28H34N2O2.ClH/c29-19-13-7-5-3-1-2-4-6-8-14-20-30-26-22-16-10-11-17-23(22)27(31)25(26)21-15-9-12-18-24(21)28(30)32;/h9-12,15-18H,1-8,13-14,19-20,29H2;1H. The summed E-state index contributed by atoms with van der Waals surface area (Å²) in [7, 11) is 0. The zero-order chi connectivity index (χ0) is 22.3. The molecule has 0 unspecified atom stereocenters. The molecule has 1 heterocycles. The van der Waals surface area contributed by atoms with Gasteiger partial charge in [-0.05, 0) is 25.5 Å². The Morgan fingerprint density at radius 1 is 0.636 bits per heavy atom. The molecule has 0 bridgehead atoms. The number of hydrogen-bond acceptors (Lipinski definition) is 3. The lowest BCUT2D eigenvalue weighted by Crippen LogP contribution is -2.23. The molecule has 2 N–H and O–H groups in total. The maximum atomic E-state index is 13.4. The number of benzene rings is 2. The molecule has 5 heteroatoms. The molecule has 4 nitrogen and oxygen atoms in total. The molecule has 0 aliphatic heterocycles. The third kappa shape index (κ3) is 5.39. The van der Waals surface area contributed by atoms with Crippen LogP contribution in [0.1, 0.15) is 80.1 Å². The van der Waals surface area contributed by atoms with Gasteiger partial charge < -0.3 is 10.3 Å². The largest absolute Gasteiger partial charge is 0.330 e. The van der Waals surface area contributed by atoms with Gasteiger partial charge in [0.25, 0.3) is 5.56 Å². The third-order valence-electron chi connectivity index (χ3n) is 6.67. The number of rotatable bonds is 12. The molecule has 2 aromatic carbocycles. The van der Waals surface area contributed by atoms with Crippen LogP contribution in [0, 0.1) is 0 Å². The number of fused-ring (bicyclic) bond motifs is 5. The van der Waals surface area contributed by atoms with E-state index in [1.165, 1.54) is 44.9 Å². The molecule has 0 spiro atoms. The first-order valence-corrected chi connectivity index (χ1v) is 12.2. The van der Waals surface area contributed by atoms with Gasteiger partial charge in [-0.15, -0.1) is 12.4 Å². The van der Waals surface area contributed by atoms with Crippen molar-refractivity contribution in [1.82, 2.24) is 4.57 Å². The summed E-state index contributed by atoms with van der Waals surface area (Å²) in [6.45, 7) is 1.47. The zero-order valence-electron chi connectivity index (χ0n) is 19.4. The van der Waals surface area contributed by atoms with Crippen molar-refractivity contribution in [1.29, 1.82) is 0 Å². The van der Waals surface area contributed by atoms with Gasteiger partial charge in [0.05, 0.1) is 11.3 Å². The van der Waals surface area contributed by atoms with Crippen LogP contribution >= 0.6 is 12.4 Å². The van der Waals surface area contributed by atoms with E-state index >= 15 is 0 Å². The van der Waals surface area contributed by atoms with E-state index in [-0.39, 0.29) is 23.7 Å². The first-order chi connectivity index (χ1) is 15.7. The number of hydrogen-bond donors (Lipinski definition) is 1. The van der Waals surface area contributed by atoms with E-state index in [1.54, 1.807) is 0 Å². The lowest BCUT2D eigenvalue weighted by molar-refractivity contribution is 0.104. The fraction of sp³-hybridized carbons (Fsp3) is 0.429. The predicted molar refractivity (Wildman–Crippen MR) is 140 cm³/mol. The lowest BCUT2D eigenvalue weighted by atomic mass is 10.0. The van der Waals surface area contributed by atoms with Crippen molar-refractivity contribution in [3.05, 3.63) is 70.0 Å². The van der Waals surface area contributed by atoms with E-state index in [2.05, 4.69) is 0 Å². The molecule has 0 saturated heterocycles. The van der Waals surface area contributed by atoms with Gasteiger partial charge in [-0.2, -0.15) is 0 Å². The van der Waals surface area contributed by atoms with Gasteiger partial charge in [0.15, 0.2) is 5.78 Å². The summed E-state index contributed by atoms with van der Waals surface area (Å²) in [5.41, 5.74) is 8.66. The number of halogens is 1. The van der Waals surface area contributed by atoms with Crippen LogP contribution in [0.25, 0.3) is 22.0 Å². The minimum Gasteiger partial charge on any atom is -0.330 e. The first kappa shape index (κ1) is 25.2. The van der Waals surface area contributed by atoms with Crippen molar-refractivity contribution in [2.24, 2.45) is 5.73 Å². The molecule has 0 atom stereocenters. The van der Waals surface area contributed by atoms with Crippen LogP contribution in [0.3, 0.4) is 0 Å². The highest BCUT2D eigenvalue weighted by molar-refractivity contribution is 6.26. The highest BCUT2D eigenvalue weighted by Gasteiger charge is 2.32. The van der Waals surface area contributed by atoms with Crippen molar-refractivity contribution >= 4 is 29.0 Å². The maximum Gasteiger partial charge on any atom is 0.258 e. The van der Waals surface area contributed by atoms with E-state index in [4.69, 9.17) is 5.73 Å². The molecule has 0 radical (unpaired) electrons. The predicted octanol–water partition coefficient (Wildman–Crippen LogP) is 6.49. The van der Waals surface area contributed by atoms with Gasteiger partial charge in [0.1, 0.15) is 0 Å². The molecular weight excluding hydrogens is 432 g/mol. The Kier molecular flexibility index (Phi) is 9.28. The summed E-state index contributed by atoms with van der Waals surface area (Å²) in [6, 6.07) is 15.2. The monoisotopic (exact) mass is 466 g/mol. The number of nitrogens with zero attached hydrogens (tertiary/aromatic N) is 1. The van der Waals surface area contributed by atoms with Crippen LogP contribution in [0.4, 0.5) is 0 Å². The van der Waals surface area contributed by atoms with Crippen LogP contribution in [0.2, 0.25) is 0 Å². The maximum absolute atomic E-state index is 13.4. The van der Waals surface area contributed by atoms with Gasteiger partial charge in [-0.1, -0.05) is 93.8 Å². The first-order valence-electron chi connectivity index (χ1n) is 12.2. The Hall–Kier alpha value is -2.43. The van der Waals surface area contributed by atoms with Gasteiger partial charge in [0, 0.05) is 28.4 Å². The summed E-state index contributed by atoms with van der Waals surface area (Å²) in [4.78, 5) is 26.6. The van der Waals surface area contributed by atoms with Gasteiger partial charge >= 0.3 is 0 Å². The number of ketones is 1. The summed E-state index contributed by atoms with van der Waals surface area (Å²) in [5.74, 6) is 0.0343. The van der Waals surface area contributed by atoms with E-state index in [1.807, 2.05) is 53.1 Å². The Labute approximate surface area is 202 Å². The van der Waals surface area contributed by atoms with Crippen molar-refractivity contribution in [3.8, 4) is 11.3 Å². The summed E-state index contributed by atoms with van der Waals surface area (Å²) in [6.07, 6.45) is 12.1. The fourth-order valence-electron chi connectivity index (χ4n) is 4.97. The summed E-state index contributed by atoms with van der Waals surface area (Å²) < 4.78 is 1.86. The molecule has 176 valence electrons. The lowest BCUT2D eigenvalue weighted by Gasteiger charge is -2.15. The number of pyridine rings is 1. The van der Waals surface area contributed by atoms with Gasteiger partial charge in [-0.25, -0.2) is 0 Å². The van der Waals surface area contributed by atoms with Crippen molar-refractivity contribution in [2.45, 2.75) is 70.8 Å². The van der Waals surface area contributed by atoms with Crippen LogP contribution in [0.15, 0.2) is 53.3 Å². The average molecular weight is 467 g/mol. The number of carbonyl (C=O) groups excluding carboxylic acids is 1. The SMILES string of the molecule is Cl.NCCCCCCCCCCCCn1c2c(c3ccccc3c1=O)C(=O)c1ccccc1-2. The Morgan fingerprint density at radius 2 is 1.15 bits per heavy atom.